The lowest BCUT2D eigenvalue weighted by Crippen LogP contribution is -2.36. The summed E-state index contributed by atoms with van der Waals surface area (Å²) in [5.41, 5.74) is 3.12. The first-order valence-electron chi connectivity index (χ1n) is 8.94. The number of thiazole rings is 1. The van der Waals surface area contributed by atoms with Crippen LogP contribution >= 0.6 is 11.3 Å². The van der Waals surface area contributed by atoms with E-state index in [4.69, 9.17) is 0 Å². The van der Waals surface area contributed by atoms with Gasteiger partial charge in [0, 0.05) is 30.8 Å². The van der Waals surface area contributed by atoms with Crippen molar-refractivity contribution in [1.82, 2.24) is 9.88 Å². The Morgan fingerprint density at radius 3 is 2.86 bits per heavy atom. The summed E-state index contributed by atoms with van der Waals surface area (Å²) < 4.78 is 0. The maximum absolute atomic E-state index is 12.6. The number of carbonyl (C=O) groups is 3. The minimum absolute atomic E-state index is 0.0264. The molecule has 0 bridgehead atoms. The largest absolute Gasteiger partial charge is 0.338 e. The van der Waals surface area contributed by atoms with Gasteiger partial charge in [-0.1, -0.05) is 30.3 Å². The molecule has 0 fully saturated rings. The van der Waals surface area contributed by atoms with E-state index < -0.39 is 5.92 Å². The highest BCUT2D eigenvalue weighted by Gasteiger charge is 2.22. The molecule has 0 spiro atoms. The van der Waals surface area contributed by atoms with Gasteiger partial charge in [0.25, 0.3) is 5.91 Å². The second kappa shape index (κ2) is 7.85. The highest BCUT2D eigenvalue weighted by atomic mass is 32.1. The van der Waals surface area contributed by atoms with Gasteiger partial charge in [0.05, 0.1) is 18.0 Å². The van der Waals surface area contributed by atoms with Crippen molar-refractivity contribution in [2.45, 2.75) is 19.4 Å². The number of fused-ring (bicyclic) bond motifs is 1. The molecule has 3 amide bonds. The molecule has 3 heterocycles. The molecule has 142 valence electrons. The third-order valence-electron chi connectivity index (χ3n) is 4.71. The van der Waals surface area contributed by atoms with E-state index in [1.54, 1.807) is 5.38 Å². The van der Waals surface area contributed by atoms with Crippen LogP contribution in [0.5, 0.6) is 0 Å². The number of hydrogen-bond donors (Lipinski definition) is 1. The van der Waals surface area contributed by atoms with Crippen LogP contribution in [0.1, 0.15) is 16.8 Å². The fraction of sp³-hybridized carbons (Fsp3) is 0.250. The van der Waals surface area contributed by atoms with Crippen LogP contribution in [0, 0.1) is 5.92 Å². The highest BCUT2D eigenvalue weighted by Crippen LogP contribution is 2.21. The van der Waals surface area contributed by atoms with Gasteiger partial charge in [0.1, 0.15) is 0 Å². The number of nitrogens with one attached hydrogen (secondary N) is 1. The van der Waals surface area contributed by atoms with Gasteiger partial charge in [-0.25, -0.2) is 9.98 Å². The predicted molar refractivity (Wildman–Crippen MR) is 106 cm³/mol. The van der Waals surface area contributed by atoms with Crippen LogP contribution in [-0.4, -0.2) is 40.4 Å². The van der Waals surface area contributed by atoms with Crippen molar-refractivity contribution in [2.75, 3.05) is 11.9 Å². The van der Waals surface area contributed by atoms with Gasteiger partial charge in [-0.05, 0) is 17.5 Å². The molecule has 2 aromatic rings. The number of aliphatic imine (C=N–C) groups is 1. The van der Waals surface area contributed by atoms with E-state index in [9.17, 15) is 14.4 Å². The molecule has 0 aliphatic carbocycles. The molecule has 1 aromatic heterocycles. The topological polar surface area (TPSA) is 91.7 Å². The van der Waals surface area contributed by atoms with E-state index in [0.29, 0.717) is 23.9 Å². The van der Waals surface area contributed by atoms with Crippen LogP contribution in [0.15, 0.2) is 46.8 Å². The standard InChI is InChI=1S/C20H18N4O3S/c25-17-6-5-14(10-21-17)19(27)23-20-22-16(12-28-20)9-18(26)24-8-7-13-3-1-2-4-15(13)11-24/h1-6,10,12,14H,7-9,11H2,(H,22,23,27). The van der Waals surface area contributed by atoms with E-state index in [1.165, 1.54) is 40.8 Å². The number of dihydropyridines is 1. The molecule has 7 nitrogen and oxygen atoms in total. The first kappa shape index (κ1) is 18.2. The fourth-order valence-electron chi connectivity index (χ4n) is 3.20. The molecule has 0 saturated heterocycles. The third kappa shape index (κ3) is 4.07. The Labute approximate surface area is 165 Å². The molecular weight excluding hydrogens is 376 g/mol. The summed E-state index contributed by atoms with van der Waals surface area (Å²) in [4.78, 5) is 45.7. The van der Waals surface area contributed by atoms with Crippen molar-refractivity contribution in [3.63, 3.8) is 0 Å². The average Bonchev–Trinajstić information content (AvgIpc) is 3.14. The Morgan fingerprint density at radius 1 is 1.25 bits per heavy atom. The first-order chi connectivity index (χ1) is 13.6. The maximum Gasteiger partial charge on any atom is 0.269 e. The van der Waals surface area contributed by atoms with Crippen molar-refractivity contribution in [3.05, 3.63) is 58.6 Å². The lowest BCUT2D eigenvalue weighted by atomic mass is 10.00. The summed E-state index contributed by atoms with van der Waals surface area (Å²) in [6.07, 6.45) is 5.14. The number of amides is 3. The van der Waals surface area contributed by atoms with Crippen LogP contribution in [-0.2, 0) is 33.8 Å². The molecule has 2 aliphatic rings. The molecule has 0 radical (unpaired) electrons. The quantitative estimate of drug-likeness (QED) is 0.859. The highest BCUT2D eigenvalue weighted by molar-refractivity contribution is 7.13. The van der Waals surface area contributed by atoms with Crippen molar-refractivity contribution < 1.29 is 14.4 Å². The molecular formula is C20H18N4O3S. The third-order valence-corrected chi connectivity index (χ3v) is 5.52. The summed E-state index contributed by atoms with van der Waals surface area (Å²) >= 11 is 1.27. The van der Waals surface area contributed by atoms with E-state index >= 15 is 0 Å². The molecule has 0 saturated carbocycles. The summed E-state index contributed by atoms with van der Waals surface area (Å²) in [6, 6.07) is 8.18. The van der Waals surface area contributed by atoms with Gasteiger partial charge >= 0.3 is 0 Å². The molecule has 1 aromatic carbocycles. The van der Waals surface area contributed by atoms with Gasteiger partial charge in [-0.2, -0.15) is 0 Å². The Morgan fingerprint density at radius 2 is 2.07 bits per heavy atom. The molecule has 2 aliphatic heterocycles. The van der Waals surface area contributed by atoms with Crippen LogP contribution in [0.4, 0.5) is 5.13 Å². The SMILES string of the molecule is O=C1C=CC(C(=O)Nc2nc(CC(=O)N3CCc4ccccc4C3)cs2)C=N1. The van der Waals surface area contributed by atoms with Crippen molar-refractivity contribution in [2.24, 2.45) is 10.9 Å². The average molecular weight is 394 g/mol. The van der Waals surface area contributed by atoms with E-state index in [-0.39, 0.29) is 24.1 Å². The van der Waals surface area contributed by atoms with Crippen molar-refractivity contribution in [1.29, 1.82) is 0 Å². The number of aromatic nitrogens is 1. The zero-order valence-corrected chi connectivity index (χ0v) is 15.8. The number of rotatable bonds is 4. The molecule has 1 N–H and O–H groups in total. The predicted octanol–water partition coefficient (Wildman–Crippen LogP) is 1.99. The van der Waals surface area contributed by atoms with Crippen LogP contribution in [0.2, 0.25) is 0 Å². The Bertz CT molecular complexity index is 979. The second-order valence-electron chi connectivity index (χ2n) is 6.65. The minimum atomic E-state index is -0.597. The maximum atomic E-state index is 12.6. The van der Waals surface area contributed by atoms with Crippen molar-refractivity contribution >= 4 is 40.4 Å². The van der Waals surface area contributed by atoms with Crippen LogP contribution in [0.3, 0.4) is 0 Å². The van der Waals surface area contributed by atoms with E-state index in [1.807, 2.05) is 17.0 Å². The number of carbonyl (C=O) groups excluding carboxylic acids is 3. The normalized spacial score (nSPS) is 18.1. The van der Waals surface area contributed by atoms with Crippen LogP contribution < -0.4 is 5.32 Å². The van der Waals surface area contributed by atoms with Crippen LogP contribution in [0.25, 0.3) is 0 Å². The number of nitrogens with zero attached hydrogens (tertiary/aromatic N) is 3. The summed E-state index contributed by atoms with van der Waals surface area (Å²) in [5, 5.41) is 4.91. The molecule has 1 atom stereocenters. The smallest absolute Gasteiger partial charge is 0.269 e. The van der Waals surface area contributed by atoms with Gasteiger partial charge in [-0.15, -0.1) is 11.3 Å². The second-order valence-corrected chi connectivity index (χ2v) is 7.50. The lowest BCUT2D eigenvalue weighted by Gasteiger charge is -2.28. The summed E-state index contributed by atoms with van der Waals surface area (Å²) in [7, 11) is 0. The summed E-state index contributed by atoms with van der Waals surface area (Å²) in [5.74, 6) is -1.26. The van der Waals surface area contributed by atoms with E-state index in [2.05, 4.69) is 27.4 Å². The number of benzene rings is 1. The molecule has 4 rings (SSSR count). The Hall–Kier alpha value is -3.13. The molecule has 8 heteroatoms. The fourth-order valence-corrected chi connectivity index (χ4v) is 3.91. The molecule has 1 unspecified atom stereocenters. The Balaban J connectivity index is 1.34. The number of hydrogen-bond acceptors (Lipinski definition) is 5. The van der Waals surface area contributed by atoms with Gasteiger partial charge in [0.2, 0.25) is 11.8 Å². The monoisotopic (exact) mass is 394 g/mol. The zero-order valence-electron chi connectivity index (χ0n) is 15.0. The lowest BCUT2D eigenvalue weighted by molar-refractivity contribution is -0.131. The van der Waals surface area contributed by atoms with Gasteiger partial charge in [-0.3, -0.25) is 14.4 Å². The van der Waals surface area contributed by atoms with Gasteiger partial charge in [0.15, 0.2) is 5.13 Å². The zero-order chi connectivity index (χ0) is 19.5. The summed E-state index contributed by atoms with van der Waals surface area (Å²) in [6.45, 7) is 1.32. The Kier molecular flexibility index (Phi) is 5.12. The number of anilines is 1. The van der Waals surface area contributed by atoms with E-state index in [0.717, 1.165) is 6.42 Å². The van der Waals surface area contributed by atoms with Crippen molar-refractivity contribution in [3.8, 4) is 0 Å². The minimum Gasteiger partial charge on any atom is -0.338 e. The first-order valence-corrected chi connectivity index (χ1v) is 9.82. The van der Waals surface area contributed by atoms with Gasteiger partial charge < -0.3 is 10.2 Å². The molecule has 28 heavy (non-hydrogen) atoms.